The Morgan fingerprint density at radius 1 is 1.59 bits per heavy atom. The summed E-state index contributed by atoms with van der Waals surface area (Å²) in [7, 11) is 0. The fraction of sp³-hybridized carbons (Fsp3) is 0.400. The van der Waals surface area contributed by atoms with Crippen molar-refractivity contribution >= 4 is 17.6 Å². The zero-order chi connectivity index (χ0) is 13.2. The van der Waals surface area contributed by atoms with E-state index in [0.29, 0.717) is 0 Å². The molecule has 0 aliphatic carbocycles. The van der Waals surface area contributed by atoms with E-state index < -0.39 is 5.97 Å². The Kier molecular flexibility index (Phi) is 3.62. The van der Waals surface area contributed by atoms with Crippen LogP contribution in [0.15, 0.2) is 6.20 Å². The Bertz CT molecular complexity index is 518. The van der Waals surface area contributed by atoms with Gasteiger partial charge in [0.05, 0.1) is 0 Å². The maximum Gasteiger partial charge on any atom is 0.356 e. The van der Waals surface area contributed by atoms with Crippen molar-refractivity contribution in [1.82, 2.24) is 9.55 Å². The number of anilines is 1. The summed E-state index contributed by atoms with van der Waals surface area (Å²) in [5.74, 6) is -0.968. The van der Waals surface area contributed by atoms with Crippen molar-refractivity contribution in [2.24, 2.45) is 0 Å². The first-order valence-corrected chi connectivity index (χ1v) is 5.06. The number of aromatic carboxylic acids is 1. The maximum absolute atomic E-state index is 10.9. The third-order valence-corrected chi connectivity index (χ3v) is 1.95. The molecule has 0 radical (unpaired) electrons. The summed E-state index contributed by atoms with van der Waals surface area (Å²) in [6, 6.07) is 0.0233. The smallest absolute Gasteiger partial charge is 0.356 e. The van der Waals surface area contributed by atoms with E-state index in [0.717, 1.165) is 0 Å². The second-order valence-corrected chi connectivity index (χ2v) is 3.88. The molecule has 0 bridgehead atoms. The molecule has 7 heteroatoms. The predicted molar refractivity (Wildman–Crippen MR) is 62.6 cm³/mol. The Hall–Kier alpha value is -2.18. The van der Waals surface area contributed by atoms with Crippen molar-refractivity contribution < 1.29 is 9.90 Å². The lowest BCUT2D eigenvalue weighted by atomic mass is 10.3. The molecular formula is C10H15N5O2. The third-order valence-electron chi connectivity index (χ3n) is 1.95. The van der Waals surface area contributed by atoms with Gasteiger partial charge in [-0.3, -0.25) is 15.4 Å². The molecule has 0 amide bonds. The third kappa shape index (κ3) is 2.90. The lowest BCUT2D eigenvalue weighted by Crippen LogP contribution is -2.31. The van der Waals surface area contributed by atoms with Crippen LogP contribution in [0.1, 0.15) is 31.3 Å². The highest BCUT2D eigenvalue weighted by molar-refractivity contribution is 5.87. The molecule has 0 saturated heterocycles. The molecule has 1 aromatic heterocycles. The molecule has 0 aliphatic rings. The monoisotopic (exact) mass is 237 g/mol. The van der Waals surface area contributed by atoms with E-state index in [-0.39, 0.29) is 28.9 Å². The number of hydrogen-bond donors (Lipinski definition) is 4. The minimum atomic E-state index is -1.19. The summed E-state index contributed by atoms with van der Waals surface area (Å²) in [5.41, 5.74) is -0.230. The number of carbonyl (C=O) groups is 1. The van der Waals surface area contributed by atoms with Crippen LogP contribution < -0.4 is 10.8 Å². The predicted octanol–water partition coefficient (Wildman–Crippen LogP) is 0.726. The standard InChI is InChI=1S/C10H15N5O2/c1-5(2)13-9-8(12)15(6(3)11)4-7(14-9)10(16)17/h4-5,11-12H,1-3H3,(H,13,14)(H,16,17). The lowest BCUT2D eigenvalue weighted by molar-refractivity contribution is 0.0690. The van der Waals surface area contributed by atoms with Crippen LogP contribution in [0, 0.1) is 10.8 Å². The molecule has 92 valence electrons. The Morgan fingerprint density at radius 2 is 2.18 bits per heavy atom. The van der Waals surface area contributed by atoms with Gasteiger partial charge < -0.3 is 10.4 Å². The van der Waals surface area contributed by atoms with Crippen LogP contribution in [-0.4, -0.2) is 32.5 Å². The van der Waals surface area contributed by atoms with Gasteiger partial charge in [0.2, 0.25) is 0 Å². The van der Waals surface area contributed by atoms with E-state index in [4.69, 9.17) is 15.9 Å². The molecule has 0 atom stereocenters. The molecule has 17 heavy (non-hydrogen) atoms. The number of nitrogens with one attached hydrogen (secondary N) is 3. The number of rotatable bonds is 3. The summed E-state index contributed by atoms with van der Waals surface area (Å²) < 4.78 is 1.17. The quantitative estimate of drug-likeness (QED) is 0.458. The van der Waals surface area contributed by atoms with E-state index in [1.807, 2.05) is 13.8 Å². The van der Waals surface area contributed by atoms with Gasteiger partial charge in [-0.05, 0) is 20.8 Å². The molecule has 1 heterocycles. The molecule has 4 N–H and O–H groups in total. The highest BCUT2D eigenvalue weighted by Gasteiger charge is 2.12. The molecule has 0 unspecified atom stereocenters. The maximum atomic E-state index is 10.9. The van der Waals surface area contributed by atoms with Gasteiger partial charge in [0.15, 0.2) is 17.0 Å². The van der Waals surface area contributed by atoms with Crippen molar-refractivity contribution in [3.63, 3.8) is 0 Å². The normalized spacial score (nSPS) is 10.4. The van der Waals surface area contributed by atoms with Crippen molar-refractivity contribution in [1.29, 1.82) is 10.8 Å². The second kappa shape index (κ2) is 4.77. The van der Waals surface area contributed by atoms with Crippen molar-refractivity contribution in [3.8, 4) is 0 Å². The SMILES string of the molecule is CC(=N)n1cc(C(=O)O)nc(NC(C)C)c1=N. The lowest BCUT2D eigenvalue weighted by Gasteiger charge is -2.13. The molecule has 7 nitrogen and oxygen atoms in total. The van der Waals surface area contributed by atoms with Gasteiger partial charge in [0.25, 0.3) is 0 Å². The fourth-order valence-corrected chi connectivity index (χ4v) is 1.24. The van der Waals surface area contributed by atoms with Gasteiger partial charge in [0.1, 0.15) is 5.84 Å². The van der Waals surface area contributed by atoms with Crippen LogP contribution in [-0.2, 0) is 0 Å². The van der Waals surface area contributed by atoms with Crippen LogP contribution in [0.2, 0.25) is 0 Å². The van der Waals surface area contributed by atoms with Crippen molar-refractivity contribution in [3.05, 3.63) is 17.4 Å². The molecule has 1 rings (SSSR count). The van der Waals surface area contributed by atoms with Crippen LogP contribution in [0.4, 0.5) is 5.82 Å². The fourth-order valence-electron chi connectivity index (χ4n) is 1.24. The van der Waals surface area contributed by atoms with Crippen LogP contribution in [0.3, 0.4) is 0 Å². The van der Waals surface area contributed by atoms with Gasteiger partial charge in [-0.25, -0.2) is 9.78 Å². The largest absolute Gasteiger partial charge is 0.476 e. The average molecular weight is 237 g/mol. The summed E-state index contributed by atoms with van der Waals surface area (Å²) >= 11 is 0. The minimum absolute atomic E-state index is 0.0233. The van der Waals surface area contributed by atoms with Gasteiger partial charge >= 0.3 is 5.97 Å². The van der Waals surface area contributed by atoms with Gasteiger partial charge in [0, 0.05) is 12.2 Å². The highest BCUT2D eigenvalue weighted by Crippen LogP contribution is 2.01. The van der Waals surface area contributed by atoms with Crippen molar-refractivity contribution in [2.45, 2.75) is 26.8 Å². The zero-order valence-electron chi connectivity index (χ0n) is 9.90. The molecule has 1 aromatic rings. The van der Waals surface area contributed by atoms with Crippen LogP contribution in [0.25, 0.3) is 0 Å². The Morgan fingerprint density at radius 3 is 2.59 bits per heavy atom. The number of hydrogen-bond acceptors (Lipinski definition) is 5. The van der Waals surface area contributed by atoms with E-state index >= 15 is 0 Å². The first kappa shape index (κ1) is 12.9. The van der Waals surface area contributed by atoms with Crippen LogP contribution in [0.5, 0.6) is 0 Å². The zero-order valence-corrected chi connectivity index (χ0v) is 9.90. The molecule has 0 saturated carbocycles. The van der Waals surface area contributed by atoms with E-state index in [1.54, 1.807) is 0 Å². The molecule has 0 spiro atoms. The summed E-state index contributed by atoms with van der Waals surface area (Å²) in [4.78, 5) is 14.7. The van der Waals surface area contributed by atoms with Gasteiger partial charge in [-0.2, -0.15) is 0 Å². The number of carboxylic acid groups (broad SMARTS) is 1. The highest BCUT2D eigenvalue weighted by atomic mass is 16.4. The van der Waals surface area contributed by atoms with Crippen molar-refractivity contribution in [2.75, 3.05) is 5.32 Å². The molecule has 0 aliphatic heterocycles. The molecule has 0 fully saturated rings. The number of nitrogens with zero attached hydrogens (tertiary/aromatic N) is 2. The summed E-state index contributed by atoms with van der Waals surface area (Å²) in [6.45, 7) is 5.19. The number of aromatic nitrogens is 2. The summed E-state index contributed by atoms with van der Waals surface area (Å²) in [6.07, 6.45) is 1.17. The first-order chi connectivity index (χ1) is 7.82. The van der Waals surface area contributed by atoms with E-state index in [1.165, 1.54) is 17.7 Å². The van der Waals surface area contributed by atoms with Crippen LogP contribution >= 0.6 is 0 Å². The van der Waals surface area contributed by atoms with E-state index in [9.17, 15) is 4.79 Å². The van der Waals surface area contributed by atoms with Gasteiger partial charge in [-0.1, -0.05) is 0 Å². The Balaban J connectivity index is 3.43. The molecular weight excluding hydrogens is 222 g/mol. The van der Waals surface area contributed by atoms with Gasteiger partial charge in [-0.15, -0.1) is 0 Å². The molecule has 0 aromatic carbocycles. The van der Waals surface area contributed by atoms with E-state index in [2.05, 4.69) is 10.3 Å². The Labute approximate surface area is 98.1 Å². The number of carboxylic acids is 1. The minimum Gasteiger partial charge on any atom is -0.476 e. The average Bonchev–Trinajstić information content (AvgIpc) is 2.19. The second-order valence-electron chi connectivity index (χ2n) is 3.88. The summed E-state index contributed by atoms with van der Waals surface area (Å²) in [5, 5.41) is 27.1. The first-order valence-electron chi connectivity index (χ1n) is 5.06. The topological polar surface area (TPSA) is 115 Å².